The topological polar surface area (TPSA) is 67.2 Å². The van der Waals surface area contributed by atoms with Gasteiger partial charge in [0, 0.05) is 36.4 Å². The van der Waals surface area contributed by atoms with Gasteiger partial charge in [-0.15, -0.1) is 0 Å². The van der Waals surface area contributed by atoms with E-state index in [2.05, 4.69) is 24.5 Å². The number of hydrogen-bond donors (Lipinski definition) is 2. The van der Waals surface area contributed by atoms with Gasteiger partial charge in [-0.1, -0.05) is 13.8 Å². The highest BCUT2D eigenvalue weighted by Crippen LogP contribution is 2.21. The average Bonchev–Trinajstić information content (AvgIpc) is 2.23. The molecule has 94 valence electrons. The molecule has 17 heavy (non-hydrogen) atoms. The first-order valence-corrected chi connectivity index (χ1v) is 5.73. The van der Waals surface area contributed by atoms with Gasteiger partial charge < -0.3 is 10.6 Å². The van der Waals surface area contributed by atoms with Gasteiger partial charge in [-0.3, -0.25) is 10.1 Å². The quantitative estimate of drug-likeness (QED) is 0.452. The number of nitrogens with one attached hydrogen (secondary N) is 2. The van der Waals surface area contributed by atoms with E-state index in [1.807, 2.05) is 0 Å². The van der Waals surface area contributed by atoms with E-state index in [0.717, 1.165) is 18.8 Å². The molecule has 0 fully saturated rings. The monoisotopic (exact) mass is 237 g/mol. The lowest BCUT2D eigenvalue weighted by Gasteiger charge is -2.10. The molecule has 1 aromatic carbocycles. The predicted molar refractivity (Wildman–Crippen MR) is 69.5 cm³/mol. The van der Waals surface area contributed by atoms with Gasteiger partial charge in [-0.25, -0.2) is 0 Å². The van der Waals surface area contributed by atoms with Crippen molar-refractivity contribution < 1.29 is 4.92 Å². The molecule has 0 heterocycles. The van der Waals surface area contributed by atoms with Crippen molar-refractivity contribution in [2.75, 3.05) is 18.4 Å². The lowest BCUT2D eigenvalue weighted by molar-refractivity contribution is -0.385. The number of hydrogen-bond acceptors (Lipinski definition) is 4. The molecule has 0 aliphatic heterocycles. The summed E-state index contributed by atoms with van der Waals surface area (Å²) in [6.07, 6.45) is 0. The van der Waals surface area contributed by atoms with Crippen molar-refractivity contribution in [2.45, 2.75) is 26.8 Å². The molecule has 0 atom stereocenters. The Bertz CT molecular complexity index is 391. The molecular weight excluding hydrogens is 218 g/mol. The SMILES string of the molecule is Cc1cc(NCCNC(C)C)ccc1[N+](=O)[O-]. The molecule has 0 radical (unpaired) electrons. The Morgan fingerprint density at radius 1 is 1.35 bits per heavy atom. The van der Waals surface area contributed by atoms with E-state index in [9.17, 15) is 10.1 Å². The van der Waals surface area contributed by atoms with Gasteiger partial charge in [0.2, 0.25) is 0 Å². The van der Waals surface area contributed by atoms with E-state index in [-0.39, 0.29) is 10.6 Å². The van der Waals surface area contributed by atoms with Crippen LogP contribution in [0.2, 0.25) is 0 Å². The van der Waals surface area contributed by atoms with Gasteiger partial charge in [-0.2, -0.15) is 0 Å². The molecule has 0 aliphatic rings. The van der Waals surface area contributed by atoms with Gasteiger partial charge in [0.15, 0.2) is 0 Å². The average molecular weight is 237 g/mol. The van der Waals surface area contributed by atoms with E-state index < -0.39 is 0 Å². The Morgan fingerprint density at radius 3 is 2.59 bits per heavy atom. The Labute approximate surface area is 101 Å². The van der Waals surface area contributed by atoms with Crippen LogP contribution in [0.3, 0.4) is 0 Å². The molecular formula is C12H19N3O2. The Balaban J connectivity index is 2.50. The Hall–Kier alpha value is -1.62. The summed E-state index contributed by atoms with van der Waals surface area (Å²) in [6, 6.07) is 5.54. The van der Waals surface area contributed by atoms with Crippen molar-refractivity contribution >= 4 is 11.4 Å². The predicted octanol–water partition coefficient (Wildman–Crippen LogP) is 2.31. The van der Waals surface area contributed by atoms with Crippen molar-refractivity contribution in [3.8, 4) is 0 Å². The lowest BCUT2D eigenvalue weighted by Crippen LogP contribution is -2.28. The van der Waals surface area contributed by atoms with E-state index in [0.29, 0.717) is 11.6 Å². The fourth-order valence-corrected chi connectivity index (χ4v) is 1.54. The maximum absolute atomic E-state index is 10.6. The van der Waals surface area contributed by atoms with Crippen LogP contribution in [0.5, 0.6) is 0 Å². The molecule has 0 saturated heterocycles. The second kappa shape index (κ2) is 6.20. The lowest BCUT2D eigenvalue weighted by atomic mass is 10.2. The molecule has 0 saturated carbocycles. The number of rotatable bonds is 6. The van der Waals surface area contributed by atoms with Crippen LogP contribution >= 0.6 is 0 Å². The number of nitro benzene ring substituents is 1. The molecule has 5 nitrogen and oxygen atoms in total. The first-order chi connectivity index (χ1) is 8.00. The fraction of sp³-hybridized carbons (Fsp3) is 0.500. The van der Waals surface area contributed by atoms with Crippen LogP contribution < -0.4 is 10.6 Å². The summed E-state index contributed by atoms with van der Waals surface area (Å²) in [6.45, 7) is 7.60. The molecule has 1 rings (SSSR count). The maximum atomic E-state index is 10.6. The third kappa shape index (κ3) is 4.40. The van der Waals surface area contributed by atoms with Gasteiger partial charge >= 0.3 is 0 Å². The van der Waals surface area contributed by atoms with E-state index in [4.69, 9.17) is 0 Å². The van der Waals surface area contributed by atoms with Crippen LogP contribution in [0.25, 0.3) is 0 Å². The summed E-state index contributed by atoms with van der Waals surface area (Å²) in [7, 11) is 0. The normalized spacial score (nSPS) is 10.6. The summed E-state index contributed by atoms with van der Waals surface area (Å²) in [5.41, 5.74) is 1.76. The van der Waals surface area contributed by atoms with Crippen LogP contribution in [0.4, 0.5) is 11.4 Å². The third-order valence-corrected chi connectivity index (χ3v) is 2.40. The van der Waals surface area contributed by atoms with Crippen molar-refractivity contribution in [1.82, 2.24) is 5.32 Å². The molecule has 0 amide bonds. The first kappa shape index (κ1) is 13.4. The highest BCUT2D eigenvalue weighted by molar-refractivity contribution is 5.53. The van der Waals surface area contributed by atoms with Gasteiger partial charge in [-0.05, 0) is 19.1 Å². The second-order valence-electron chi connectivity index (χ2n) is 4.29. The summed E-state index contributed by atoms with van der Waals surface area (Å²) in [5, 5.41) is 17.2. The molecule has 0 aromatic heterocycles. The van der Waals surface area contributed by atoms with E-state index >= 15 is 0 Å². The zero-order valence-corrected chi connectivity index (χ0v) is 10.5. The highest BCUT2D eigenvalue weighted by Gasteiger charge is 2.09. The summed E-state index contributed by atoms with van der Waals surface area (Å²) < 4.78 is 0. The smallest absolute Gasteiger partial charge is 0.272 e. The molecule has 0 aliphatic carbocycles. The van der Waals surface area contributed by atoms with Crippen molar-refractivity contribution in [3.63, 3.8) is 0 Å². The Morgan fingerprint density at radius 2 is 2.06 bits per heavy atom. The highest BCUT2D eigenvalue weighted by atomic mass is 16.6. The molecule has 1 aromatic rings. The van der Waals surface area contributed by atoms with Gasteiger partial charge in [0.25, 0.3) is 5.69 Å². The summed E-state index contributed by atoms with van der Waals surface area (Å²) in [5.74, 6) is 0. The standard InChI is InChI=1S/C12H19N3O2/c1-9(2)13-6-7-14-11-4-5-12(15(16)17)10(3)8-11/h4-5,8-9,13-14H,6-7H2,1-3H3. The first-order valence-electron chi connectivity index (χ1n) is 5.73. The minimum absolute atomic E-state index is 0.163. The van der Waals surface area contributed by atoms with Crippen LogP contribution in [0, 0.1) is 17.0 Å². The minimum Gasteiger partial charge on any atom is -0.384 e. The Kier molecular flexibility index (Phi) is 4.90. The van der Waals surface area contributed by atoms with E-state index in [1.165, 1.54) is 6.07 Å². The molecule has 0 spiro atoms. The van der Waals surface area contributed by atoms with E-state index in [1.54, 1.807) is 19.1 Å². The second-order valence-corrected chi connectivity index (χ2v) is 4.29. The van der Waals surface area contributed by atoms with Crippen molar-refractivity contribution in [1.29, 1.82) is 0 Å². The fourth-order valence-electron chi connectivity index (χ4n) is 1.54. The van der Waals surface area contributed by atoms with Crippen LogP contribution in [0.1, 0.15) is 19.4 Å². The summed E-state index contributed by atoms with van der Waals surface area (Å²) >= 11 is 0. The van der Waals surface area contributed by atoms with Crippen LogP contribution in [0.15, 0.2) is 18.2 Å². The third-order valence-electron chi connectivity index (χ3n) is 2.40. The molecule has 5 heteroatoms. The van der Waals surface area contributed by atoms with Crippen LogP contribution in [-0.2, 0) is 0 Å². The summed E-state index contributed by atoms with van der Waals surface area (Å²) in [4.78, 5) is 10.3. The largest absolute Gasteiger partial charge is 0.384 e. The number of nitro groups is 1. The number of nitrogens with zero attached hydrogens (tertiary/aromatic N) is 1. The number of aryl methyl sites for hydroxylation is 1. The zero-order chi connectivity index (χ0) is 12.8. The van der Waals surface area contributed by atoms with Crippen molar-refractivity contribution in [3.05, 3.63) is 33.9 Å². The van der Waals surface area contributed by atoms with Gasteiger partial charge in [0.05, 0.1) is 4.92 Å². The molecule has 2 N–H and O–H groups in total. The maximum Gasteiger partial charge on any atom is 0.272 e. The minimum atomic E-state index is -0.362. The number of anilines is 1. The molecule has 0 bridgehead atoms. The molecule has 0 unspecified atom stereocenters. The van der Waals surface area contributed by atoms with Crippen LogP contribution in [-0.4, -0.2) is 24.1 Å². The number of benzene rings is 1. The van der Waals surface area contributed by atoms with Gasteiger partial charge in [0.1, 0.15) is 0 Å². The van der Waals surface area contributed by atoms with Crippen molar-refractivity contribution in [2.24, 2.45) is 0 Å². The zero-order valence-electron chi connectivity index (χ0n) is 10.5.